The summed E-state index contributed by atoms with van der Waals surface area (Å²) in [5.74, 6) is -1.28. The summed E-state index contributed by atoms with van der Waals surface area (Å²) in [5, 5.41) is 13.2. The highest BCUT2D eigenvalue weighted by Crippen LogP contribution is 2.29. The van der Waals surface area contributed by atoms with Gasteiger partial charge in [-0.15, -0.1) is 12.4 Å². The predicted molar refractivity (Wildman–Crippen MR) is 143 cm³/mol. The number of amides is 1. The first-order chi connectivity index (χ1) is 16.8. The summed E-state index contributed by atoms with van der Waals surface area (Å²) in [7, 11) is 2.12. The van der Waals surface area contributed by atoms with Crippen molar-refractivity contribution >= 4 is 35.5 Å². The Kier molecular flexibility index (Phi) is 9.07. The van der Waals surface area contributed by atoms with Gasteiger partial charge in [-0.1, -0.05) is 24.3 Å². The molecular weight excluding hydrogens is 481 g/mol. The highest BCUT2D eigenvalue weighted by molar-refractivity contribution is 6.06. The van der Waals surface area contributed by atoms with E-state index in [1.165, 1.54) is 12.1 Å². The predicted octanol–water partition coefficient (Wildman–Crippen LogP) is 5.08. The lowest BCUT2D eigenvalue weighted by molar-refractivity contribution is 0.0988. The average Bonchev–Trinajstić information content (AvgIpc) is 3.07. The Balaban J connectivity index is 0.00000361. The van der Waals surface area contributed by atoms with Crippen molar-refractivity contribution in [3.05, 3.63) is 88.7 Å². The van der Waals surface area contributed by atoms with Crippen LogP contribution in [0.2, 0.25) is 0 Å². The van der Waals surface area contributed by atoms with Crippen molar-refractivity contribution in [1.82, 2.24) is 4.90 Å². The van der Waals surface area contributed by atoms with Crippen molar-refractivity contribution in [3.8, 4) is 5.75 Å². The quantitative estimate of drug-likeness (QED) is 0.356. The van der Waals surface area contributed by atoms with Gasteiger partial charge < -0.3 is 20.2 Å². The SMILES string of the molecule is Cc1ccc(C(=O)Cc2cccc(O)c2NC(=O)c2ccc(N3CCCN(C)CC3)cc2)cc1F.Cl. The van der Waals surface area contributed by atoms with E-state index in [4.69, 9.17) is 0 Å². The molecule has 0 radical (unpaired) electrons. The number of nitrogens with one attached hydrogen (secondary N) is 1. The largest absolute Gasteiger partial charge is 0.506 e. The standard InChI is InChI=1S/C28H30FN3O3.ClH/c1-19-7-8-21(17-24(19)29)26(34)18-22-5-3-6-25(33)27(22)30-28(35)20-9-11-23(12-10-20)32-14-4-13-31(2)15-16-32;/h3,5-12,17,33H,4,13-16,18H2,1-2H3,(H,30,35);1H. The van der Waals surface area contributed by atoms with E-state index in [1.807, 2.05) is 12.1 Å². The number of halogens is 2. The molecule has 0 unspecified atom stereocenters. The van der Waals surface area contributed by atoms with Gasteiger partial charge in [0.05, 0.1) is 5.69 Å². The van der Waals surface area contributed by atoms with Crippen LogP contribution in [0.15, 0.2) is 60.7 Å². The van der Waals surface area contributed by atoms with Crippen molar-refractivity contribution in [2.45, 2.75) is 19.8 Å². The molecular formula is C28H31ClFN3O3. The lowest BCUT2D eigenvalue weighted by atomic mass is 10.00. The van der Waals surface area contributed by atoms with Crippen molar-refractivity contribution in [2.24, 2.45) is 0 Å². The molecule has 0 aliphatic carbocycles. The molecule has 1 amide bonds. The lowest BCUT2D eigenvalue weighted by Gasteiger charge is -2.23. The van der Waals surface area contributed by atoms with Crippen LogP contribution in [0.5, 0.6) is 5.75 Å². The second-order valence-corrected chi connectivity index (χ2v) is 9.02. The highest BCUT2D eigenvalue weighted by Gasteiger charge is 2.18. The van der Waals surface area contributed by atoms with E-state index in [1.54, 1.807) is 43.3 Å². The monoisotopic (exact) mass is 511 g/mol. The number of nitrogens with zero attached hydrogens (tertiary/aromatic N) is 2. The van der Waals surface area contributed by atoms with Crippen LogP contribution in [0.3, 0.4) is 0 Å². The molecule has 1 aliphatic rings. The second-order valence-electron chi connectivity index (χ2n) is 9.02. The average molecular weight is 512 g/mol. The summed E-state index contributed by atoms with van der Waals surface area (Å²) in [6.07, 6.45) is 0.998. The molecule has 0 spiro atoms. The van der Waals surface area contributed by atoms with Gasteiger partial charge in [-0.05, 0) is 74.5 Å². The Morgan fingerprint density at radius 2 is 1.69 bits per heavy atom. The first-order valence-electron chi connectivity index (χ1n) is 11.8. The number of carbonyl (C=O) groups is 2. The van der Waals surface area contributed by atoms with Gasteiger partial charge in [0.2, 0.25) is 0 Å². The molecule has 1 aliphatic heterocycles. The summed E-state index contributed by atoms with van der Waals surface area (Å²) in [6, 6.07) is 16.5. The molecule has 3 aromatic carbocycles. The van der Waals surface area contributed by atoms with Gasteiger partial charge in [0.15, 0.2) is 5.78 Å². The Morgan fingerprint density at radius 3 is 2.42 bits per heavy atom. The highest BCUT2D eigenvalue weighted by atomic mass is 35.5. The molecule has 0 saturated carbocycles. The fraction of sp³-hybridized carbons (Fsp3) is 0.286. The number of phenols is 1. The number of phenolic OH excluding ortho intramolecular Hbond substituents is 1. The molecule has 0 aromatic heterocycles. The number of hydrogen-bond acceptors (Lipinski definition) is 5. The maximum atomic E-state index is 13.9. The smallest absolute Gasteiger partial charge is 0.255 e. The normalized spacial score (nSPS) is 14.0. The number of benzene rings is 3. The van der Waals surface area contributed by atoms with E-state index >= 15 is 0 Å². The minimum Gasteiger partial charge on any atom is -0.506 e. The molecule has 3 aromatic rings. The zero-order valence-electron chi connectivity index (χ0n) is 20.5. The van der Waals surface area contributed by atoms with Crippen LogP contribution in [0, 0.1) is 12.7 Å². The number of likely N-dealkylation sites (N-methyl/N-ethyl adjacent to an activating group) is 1. The third-order valence-electron chi connectivity index (χ3n) is 6.43. The topological polar surface area (TPSA) is 72.9 Å². The molecule has 1 fully saturated rings. The fourth-order valence-electron chi connectivity index (χ4n) is 4.23. The summed E-state index contributed by atoms with van der Waals surface area (Å²) >= 11 is 0. The van der Waals surface area contributed by atoms with Crippen LogP contribution in [0.25, 0.3) is 0 Å². The first kappa shape index (κ1) is 27.2. The Morgan fingerprint density at radius 1 is 0.972 bits per heavy atom. The van der Waals surface area contributed by atoms with E-state index in [0.29, 0.717) is 16.7 Å². The van der Waals surface area contributed by atoms with Gasteiger partial charge in [0.1, 0.15) is 11.6 Å². The van der Waals surface area contributed by atoms with Gasteiger partial charge in [-0.3, -0.25) is 9.59 Å². The number of anilines is 2. The maximum absolute atomic E-state index is 13.9. The van der Waals surface area contributed by atoms with Gasteiger partial charge >= 0.3 is 0 Å². The molecule has 1 heterocycles. The molecule has 190 valence electrons. The summed E-state index contributed by atoms with van der Waals surface area (Å²) < 4.78 is 13.9. The Hall–Kier alpha value is -3.42. The van der Waals surface area contributed by atoms with Crippen molar-refractivity contribution in [3.63, 3.8) is 0 Å². The van der Waals surface area contributed by atoms with Gasteiger partial charge in [-0.2, -0.15) is 0 Å². The molecule has 2 N–H and O–H groups in total. The van der Waals surface area contributed by atoms with Crippen LogP contribution >= 0.6 is 12.4 Å². The zero-order valence-corrected chi connectivity index (χ0v) is 21.3. The number of hydrogen-bond donors (Lipinski definition) is 2. The summed E-state index contributed by atoms with van der Waals surface area (Å²) in [4.78, 5) is 30.3. The number of rotatable bonds is 6. The molecule has 6 nitrogen and oxygen atoms in total. The molecule has 36 heavy (non-hydrogen) atoms. The van der Waals surface area contributed by atoms with E-state index in [2.05, 4.69) is 22.2 Å². The van der Waals surface area contributed by atoms with E-state index in [0.717, 1.165) is 38.3 Å². The number of aryl methyl sites for hydroxylation is 1. The minimum atomic E-state index is -0.448. The van der Waals surface area contributed by atoms with Crippen LogP contribution in [-0.2, 0) is 6.42 Å². The third kappa shape index (κ3) is 6.42. The molecule has 1 saturated heterocycles. The van der Waals surface area contributed by atoms with Crippen LogP contribution in [0.4, 0.5) is 15.8 Å². The Bertz CT molecular complexity index is 1230. The van der Waals surface area contributed by atoms with E-state index < -0.39 is 5.82 Å². The molecule has 4 rings (SSSR count). The number of ketones is 1. The third-order valence-corrected chi connectivity index (χ3v) is 6.43. The number of Topliss-reactive ketones (excluding diaryl/α,β-unsaturated/α-hetero) is 1. The number of carbonyl (C=O) groups excluding carboxylic acids is 2. The van der Waals surface area contributed by atoms with Gasteiger partial charge in [0.25, 0.3) is 5.91 Å². The molecule has 8 heteroatoms. The second kappa shape index (κ2) is 12.0. The molecule has 0 atom stereocenters. The maximum Gasteiger partial charge on any atom is 0.255 e. The van der Waals surface area contributed by atoms with Crippen LogP contribution in [-0.4, -0.2) is 54.9 Å². The fourth-order valence-corrected chi connectivity index (χ4v) is 4.23. The summed E-state index contributed by atoms with van der Waals surface area (Å²) in [6.45, 7) is 5.59. The number of para-hydroxylation sites is 1. The molecule has 0 bridgehead atoms. The van der Waals surface area contributed by atoms with Crippen molar-refractivity contribution in [1.29, 1.82) is 0 Å². The number of aromatic hydroxyl groups is 1. The minimum absolute atomic E-state index is 0. The van der Waals surface area contributed by atoms with E-state index in [9.17, 15) is 19.1 Å². The van der Waals surface area contributed by atoms with Crippen molar-refractivity contribution in [2.75, 3.05) is 43.4 Å². The van der Waals surface area contributed by atoms with Crippen molar-refractivity contribution < 1.29 is 19.1 Å². The van der Waals surface area contributed by atoms with Crippen LogP contribution in [0.1, 0.15) is 38.3 Å². The van der Waals surface area contributed by atoms with Crippen LogP contribution < -0.4 is 10.2 Å². The lowest BCUT2D eigenvalue weighted by Crippen LogP contribution is -2.28. The van der Waals surface area contributed by atoms with Gasteiger partial charge in [0, 0.05) is 42.9 Å². The summed E-state index contributed by atoms with van der Waals surface area (Å²) in [5.41, 5.74) is 2.84. The zero-order chi connectivity index (χ0) is 24.9. The van der Waals surface area contributed by atoms with E-state index in [-0.39, 0.29) is 47.5 Å². The first-order valence-corrected chi connectivity index (χ1v) is 11.8. The Labute approximate surface area is 217 Å². The van der Waals surface area contributed by atoms with Gasteiger partial charge in [-0.25, -0.2) is 4.39 Å².